The van der Waals surface area contributed by atoms with E-state index in [2.05, 4.69) is 28.4 Å². The Kier molecular flexibility index (Phi) is 7.84. The Morgan fingerprint density at radius 2 is 2.06 bits per heavy atom. The van der Waals surface area contributed by atoms with Crippen LogP contribution in [0.3, 0.4) is 0 Å². The number of carbonyl (C=O) groups is 1. The zero-order chi connectivity index (χ0) is 22.4. The molecule has 174 valence electrons. The van der Waals surface area contributed by atoms with Crippen LogP contribution in [0.5, 0.6) is 0 Å². The lowest BCUT2D eigenvalue weighted by Gasteiger charge is -2.34. The summed E-state index contributed by atoms with van der Waals surface area (Å²) >= 11 is 0. The third kappa shape index (κ3) is 6.87. The molecule has 2 unspecified atom stereocenters. The SMILES string of the molecule is CCNC(=NCCC1CCCN(C(=O)OC(C)(C)C)C1)N1CCC(c2cnn(C)c2)C1. The Labute approximate surface area is 187 Å². The largest absolute Gasteiger partial charge is 0.444 e. The van der Waals surface area contributed by atoms with Crippen LogP contribution in [-0.2, 0) is 11.8 Å². The van der Waals surface area contributed by atoms with Crippen LogP contribution in [-0.4, -0.2) is 76.5 Å². The summed E-state index contributed by atoms with van der Waals surface area (Å²) in [6.45, 7) is 13.1. The zero-order valence-corrected chi connectivity index (χ0v) is 19.9. The first-order chi connectivity index (χ1) is 14.7. The van der Waals surface area contributed by atoms with E-state index in [1.165, 1.54) is 5.56 Å². The molecule has 0 aromatic carbocycles. The van der Waals surface area contributed by atoms with Gasteiger partial charge in [-0.1, -0.05) is 0 Å². The number of aryl methyl sites for hydroxylation is 1. The minimum atomic E-state index is -0.446. The maximum absolute atomic E-state index is 12.4. The van der Waals surface area contributed by atoms with Gasteiger partial charge in [-0.3, -0.25) is 9.67 Å². The van der Waals surface area contributed by atoms with Crippen molar-refractivity contribution in [3.05, 3.63) is 18.0 Å². The first-order valence-electron chi connectivity index (χ1n) is 11.7. The van der Waals surface area contributed by atoms with E-state index < -0.39 is 5.60 Å². The van der Waals surface area contributed by atoms with Crippen LogP contribution in [0.15, 0.2) is 17.4 Å². The molecule has 3 rings (SSSR count). The highest BCUT2D eigenvalue weighted by atomic mass is 16.6. The summed E-state index contributed by atoms with van der Waals surface area (Å²) in [5, 5.41) is 7.78. The van der Waals surface area contributed by atoms with E-state index in [1.54, 1.807) is 0 Å². The highest BCUT2D eigenvalue weighted by Crippen LogP contribution is 2.27. The van der Waals surface area contributed by atoms with Gasteiger partial charge in [0.25, 0.3) is 0 Å². The molecule has 0 aliphatic carbocycles. The van der Waals surface area contributed by atoms with Crippen LogP contribution < -0.4 is 5.32 Å². The second-order valence-electron chi connectivity index (χ2n) is 9.84. The van der Waals surface area contributed by atoms with Crippen LogP contribution in [0.1, 0.15) is 64.9 Å². The predicted molar refractivity (Wildman–Crippen MR) is 123 cm³/mol. The average Bonchev–Trinajstić information content (AvgIpc) is 3.35. The van der Waals surface area contributed by atoms with Gasteiger partial charge in [-0.15, -0.1) is 0 Å². The van der Waals surface area contributed by atoms with E-state index in [0.717, 1.165) is 70.9 Å². The molecule has 0 saturated carbocycles. The number of aliphatic imine (C=N–C) groups is 1. The number of hydrogen-bond donors (Lipinski definition) is 1. The smallest absolute Gasteiger partial charge is 0.410 e. The first kappa shape index (κ1) is 23.4. The molecule has 0 bridgehead atoms. The molecule has 1 N–H and O–H groups in total. The maximum atomic E-state index is 12.4. The van der Waals surface area contributed by atoms with Crippen LogP contribution >= 0.6 is 0 Å². The van der Waals surface area contributed by atoms with E-state index >= 15 is 0 Å². The van der Waals surface area contributed by atoms with E-state index in [0.29, 0.717) is 11.8 Å². The number of likely N-dealkylation sites (tertiary alicyclic amines) is 2. The molecule has 1 aromatic rings. The molecule has 8 heteroatoms. The van der Waals surface area contributed by atoms with Gasteiger partial charge in [-0.25, -0.2) is 4.79 Å². The molecular weight excluding hydrogens is 392 g/mol. The van der Waals surface area contributed by atoms with Gasteiger partial charge in [0.2, 0.25) is 0 Å². The molecule has 2 aliphatic heterocycles. The van der Waals surface area contributed by atoms with Crippen molar-refractivity contribution in [2.75, 3.05) is 39.3 Å². The number of aromatic nitrogens is 2. The molecule has 2 saturated heterocycles. The molecule has 2 aliphatic rings. The highest BCUT2D eigenvalue weighted by Gasteiger charge is 2.29. The first-order valence-corrected chi connectivity index (χ1v) is 11.7. The number of ether oxygens (including phenoxy) is 1. The number of nitrogens with zero attached hydrogens (tertiary/aromatic N) is 5. The van der Waals surface area contributed by atoms with Crippen molar-refractivity contribution in [2.24, 2.45) is 18.0 Å². The van der Waals surface area contributed by atoms with Gasteiger partial charge in [-0.05, 0) is 64.9 Å². The average molecular weight is 433 g/mol. The summed E-state index contributed by atoms with van der Waals surface area (Å²) in [6, 6.07) is 0. The van der Waals surface area contributed by atoms with Gasteiger partial charge in [0.15, 0.2) is 5.96 Å². The van der Waals surface area contributed by atoms with Gasteiger partial charge in [-0.2, -0.15) is 5.10 Å². The van der Waals surface area contributed by atoms with Crippen molar-refractivity contribution in [3.63, 3.8) is 0 Å². The fraction of sp³-hybridized carbons (Fsp3) is 0.783. The second kappa shape index (κ2) is 10.4. The van der Waals surface area contributed by atoms with E-state index in [4.69, 9.17) is 9.73 Å². The minimum absolute atomic E-state index is 0.187. The standard InChI is InChI=1S/C23H40N6O2/c1-6-24-21(28-13-10-19(17-28)20-14-26-27(5)16-20)25-11-9-18-8-7-12-29(15-18)22(30)31-23(2,3)4/h14,16,18-19H,6-13,15,17H2,1-5H3,(H,24,25). The molecule has 31 heavy (non-hydrogen) atoms. The van der Waals surface area contributed by atoms with Crippen molar-refractivity contribution < 1.29 is 9.53 Å². The molecule has 2 atom stereocenters. The van der Waals surface area contributed by atoms with Crippen LogP contribution in [0, 0.1) is 5.92 Å². The summed E-state index contributed by atoms with van der Waals surface area (Å²) in [6.07, 6.45) is 8.23. The quantitative estimate of drug-likeness (QED) is 0.571. The Morgan fingerprint density at radius 3 is 2.74 bits per heavy atom. The summed E-state index contributed by atoms with van der Waals surface area (Å²) in [5.41, 5.74) is 0.864. The van der Waals surface area contributed by atoms with Gasteiger partial charge in [0, 0.05) is 58.4 Å². The number of guanidine groups is 1. The van der Waals surface area contributed by atoms with E-state index in [9.17, 15) is 4.79 Å². The summed E-state index contributed by atoms with van der Waals surface area (Å²) in [7, 11) is 1.97. The number of rotatable bonds is 5. The predicted octanol–water partition coefficient (Wildman–Crippen LogP) is 3.21. The fourth-order valence-corrected chi connectivity index (χ4v) is 4.45. The molecule has 1 aromatic heterocycles. The number of amides is 1. The number of nitrogens with one attached hydrogen (secondary N) is 1. The summed E-state index contributed by atoms with van der Waals surface area (Å²) < 4.78 is 7.43. The topological polar surface area (TPSA) is 75.0 Å². The lowest BCUT2D eigenvalue weighted by atomic mass is 9.95. The normalized spacial score (nSPS) is 22.7. The molecule has 0 spiro atoms. The maximum Gasteiger partial charge on any atom is 0.410 e. The Balaban J connectivity index is 1.51. The highest BCUT2D eigenvalue weighted by molar-refractivity contribution is 5.80. The van der Waals surface area contributed by atoms with Crippen molar-refractivity contribution in [1.29, 1.82) is 0 Å². The summed E-state index contributed by atoms with van der Waals surface area (Å²) in [5.74, 6) is 2.00. The van der Waals surface area contributed by atoms with Crippen LogP contribution in [0.25, 0.3) is 0 Å². The Morgan fingerprint density at radius 1 is 1.26 bits per heavy atom. The molecule has 1 amide bonds. The van der Waals surface area contributed by atoms with Crippen molar-refractivity contribution in [3.8, 4) is 0 Å². The van der Waals surface area contributed by atoms with E-state index in [-0.39, 0.29) is 6.09 Å². The summed E-state index contributed by atoms with van der Waals surface area (Å²) in [4.78, 5) is 21.6. The van der Waals surface area contributed by atoms with Gasteiger partial charge >= 0.3 is 6.09 Å². The zero-order valence-electron chi connectivity index (χ0n) is 19.9. The van der Waals surface area contributed by atoms with Crippen molar-refractivity contribution in [2.45, 2.75) is 64.9 Å². The minimum Gasteiger partial charge on any atom is -0.444 e. The molecule has 0 radical (unpaired) electrons. The van der Waals surface area contributed by atoms with Gasteiger partial charge in [0.05, 0.1) is 6.20 Å². The van der Waals surface area contributed by atoms with E-state index in [1.807, 2.05) is 43.6 Å². The number of piperidine rings is 1. The Hall–Kier alpha value is -2.25. The van der Waals surface area contributed by atoms with Crippen LogP contribution in [0.2, 0.25) is 0 Å². The molecule has 2 fully saturated rings. The third-order valence-corrected chi connectivity index (χ3v) is 5.99. The number of carbonyl (C=O) groups excluding carboxylic acids is 1. The molecule has 8 nitrogen and oxygen atoms in total. The number of hydrogen-bond acceptors (Lipinski definition) is 4. The lowest BCUT2D eigenvalue weighted by molar-refractivity contribution is 0.0163. The lowest BCUT2D eigenvalue weighted by Crippen LogP contribution is -2.43. The monoisotopic (exact) mass is 432 g/mol. The van der Waals surface area contributed by atoms with Crippen molar-refractivity contribution >= 4 is 12.1 Å². The molecular formula is C23H40N6O2. The molecule has 3 heterocycles. The van der Waals surface area contributed by atoms with Gasteiger partial charge in [0.1, 0.15) is 5.60 Å². The van der Waals surface area contributed by atoms with Gasteiger partial charge < -0.3 is 19.9 Å². The fourth-order valence-electron chi connectivity index (χ4n) is 4.45. The third-order valence-electron chi connectivity index (χ3n) is 5.99. The second-order valence-corrected chi connectivity index (χ2v) is 9.84. The van der Waals surface area contributed by atoms with Crippen LogP contribution in [0.4, 0.5) is 4.79 Å². The van der Waals surface area contributed by atoms with Crippen molar-refractivity contribution in [1.82, 2.24) is 24.9 Å². The Bertz CT molecular complexity index is 753.